The first-order valence-corrected chi connectivity index (χ1v) is 30.8. The van der Waals surface area contributed by atoms with Crippen molar-refractivity contribution in [2.24, 2.45) is 0 Å². The van der Waals surface area contributed by atoms with Crippen LogP contribution in [-0.4, -0.2) is 21.1 Å². The van der Waals surface area contributed by atoms with Crippen LogP contribution in [-0.2, 0) is 9.59 Å². The summed E-state index contributed by atoms with van der Waals surface area (Å²) in [6, 6.07) is 49.2. The molecular weight excluding hydrogens is 1120 g/mol. The van der Waals surface area contributed by atoms with Crippen molar-refractivity contribution >= 4 is 141 Å². The van der Waals surface area contributed by atoms with Gasteiger partial charge in [-0.2, -0.15) is 0 Å². The van der Waals surface area contributed by atoms with Crippen LogP contribution >= 0.6 is 0 Å². The minimum absolute atomic E-state index is 0.124. The normalized spacial score (nSPS) is 12.4. The van der Waals surface area contributed by atoms with E-state index in [4.69, 9.17) is 9.47 Å². The van der Waals surface area contributed by atoms with Gasteiger partial charge >= 0.3 is 11.9 Å². The number of benzene rings is 10. The van der Waals surface area contributed by atoms with Gasteiger partial charge in [0, 0.05) is 43.5 Å². The second-order valence-corrected chi connectivity index (χ2v) is 26.0. The third-order valence-corrected chi connectivity index (χ3v) is 18.8. The molecule has 2 aromatic heterocycles. The van der Waals surface area contributed by atoms with Crippen LogP contribution in [0, 0.1) is 0 Å². The highest BCUT2D eigenvalue weighted by Crippen LogP contribution is 2.46. The fraction of sp³-hybridized carbons (Fsp3) is 0.175. The smallest absolute Gasteiger partial charge is 0.338 e. The molecule has 0 atom stereocenters. The fourth-order valence-corrected chi connectivity index (χ4v) is 14.4. The van der Waals surface area contributed by atoms with E-state index in [2.05, 4.69) is 86.0 Å². The summed E-state index contributed by atoms with van der Waals surface area (Å²) in [5, 5.41) is 21.5. The van der Waals surface area contributed by atoms with Crippen molar-refractivity contribution in [3.8, 4) is 22.9 Å². The maximum atomic E-state index is 15.0. The zero-order chi connectivity index (χ0) is 62.9. The van der Waals surface area contributed by atoms with Crippen molar-refractivity contribution in [2.45, 2.75) is 92.9 Å². The Morgan fingerprint density at radius 3 is 0.756 bits per heavy atom. The number of carbonyl (C=O) groups excluding carboxylic acids is 2. The summed E-state index contributed by atoms with van der Waals surface area (Å²) in [5.74, 6) is -0.908. The molecule has 10 heteroatoms. The fourth-order valence-electron chi connectivity index (χ4n) is 14.4. The van der Waals surface area contributed by atoms with Gasteiger partial charge in [-0.05, 0) is 254 Å². The molecular formula is C80H62N2O8. The van der Waals surface area contributed by atoms with Gasteiger partial charge in [0.15, 0.2) is 0 Å². The average Bonchev–Trinajstić information content (AvgIpc) is 1.49. The third kappa shape index (κ3) is 8.16. The molecule has 0 bridgehead atoms. The second-order valence-electron chi connectivity index (χ2n) is 26.0. The van der Waals surface area contributed by atoms with Gasteiger partial charge in [0.05, 0.1) is 11.4 Å². The molecule has 440 valence electrons. The second kappa shape index (κ2) is 20.0. The maximum absolute atomic E-state index is 15.0. The molecule has 13 aromatic carbocycles. The molecule has 0 aliphatic rings. The number of aromatic nitrogens is 2. The van der Waals surface area contributed by atoms with Gasteiger partial charge in [-0.1, -0.05) is 117 Å². The maximum Gasteiger partial charge on any atom is 0.338 e. The molecule has 0 N–H and O–H groups in total. The molecule has 15 aromatic rings. The van der Waals surface area contributed by atoms with Crippen molar-refractivity contribution in [3.05, 3.63) is 234 Å². The largest absolute Gasteiger partial charge is 0.423 e. The molecule has 0 saturated carbocycles. The van der Waals surface area contributed by atoms with E-state index >= 15 is 19.2 Å². The first-order valence-electron chi connectivity index (χ1n) is 30.8. The van der Waals surface area contributed by atoms with Gasteiger partial charge in [0.1, 0.15) is 11.5 Å². The molecule has 0 aliphatic carbocycles. The number of nitrogens with zero attached hydrogens (tertiary/aromatic N) is 2. The summed E-state index contributed by atoms with van der Waals surface area (Å²) in [7, 11) is 0. The number of hydrogen-bond donors (Lipinski definition) is 0. The zero-order valence-electron chi connectivity index (χ0n) is 51.7. The van der Waals surface area contributed by atoms with Gasteiger partial charge in [-0.3, -0.25) is 19.2 Å². The Labute approximate surface area is 516 Å². The molecule has 0 saturated heterocycles. The van der Waals surface area contributed by atoms with Gasteiger partial charge in [-0.25, -0.2) is 18.7 Å². The molecule has 90 heavy (non-hydrogen) atoms. The summed E-state index contributed by atoms with van der Waals surface area (Å²) < 4.78 is 14.1. The minimum atomic E-state index is -0.546. The summed E-state index contributed by atoms with van der Waals surface area (Å²) in [5.41, 5.74) is 2.89. The van der Waals surface area contributed by atoms with Crippen molar-refractivity contribution < 1.29 is 19.1 Å². The van der Waals surface area contributed by atoms with Crippen molar-refractivity contribution in [1.29, 1.82) is 0 Å². The third-order valence-electron chi connectivity index (χ3n) is 18.8. The number of rotatable bonds is 10. The Kier molecular flexibility index (Phi) is 12.4. The van der Waals surface area contributed by atoms with Gasteiger partial charge in [0.2, 0.25) is 0 Å². The molecule has 0 aliphatic heterocycles. The monoisotopic (exact) mass is 1180 g/mol. The van der Waals surface area contributed by atoms with E-state index in [1.165, 1.54) is 9.13 Å². The molecule has 15 rings (SSSR count). The molecule has 0 amide bonds. The lowest BCUT2D eigenvalue weighted by Crippen LogP contribution is -2.33. The Morgan fingerprint density at radius 2 is 0.533 bits per heavy atom. The highest BCUT2D eigenvalue weighted by atomic mass is 16.5. The predicted octanol–water partition coefficient (Wildman–Crippen LogP) is 18.3. The average molecular weight is 1180 g/mol. The summed E-state index contributed by atoms with van der Waals surface area (Å²) >= 11 is 0. The van der Waals surface area contributed by atoms with Crippen LogP contribution in [0.25, 0.3) is 141 Å². The molecule has 0 unspecified atom stereocenters. The Morgan fingerprint density at radius 1 is 0.311 bits per heavy atom. The van der Waals surface area contributed by atoms with E-state index in [1.807, 2.05) is 104 Å². The van der Waals surface area contributed by atoms with E-state index in [1.54, 1.807) is 38.1 Å². The highest BCUT2D eigenvalue weighted by molar-refractivity contribution is 6.38. The number of pyridine rings is 2. The zero-order valence-corrected chi connectivity index (χ0v) is 51.7. The number of esters is 2. The Balaban J connectivity index is 0.843. The standard InChI is InChI=1S/C80H62N2O8/c1-37(2)61-33-51(89-79(87)41(9)10)34-62(38(3)4)73(61)81-75(83)57-21-17-53-65-29-47-25-43-13-15-45-27-49-31-67-55-19-23-59-72-60(78(86)82(77(59)85)74-63(39(5)6)35-52(36-64(74)40(7)8)90-80(88)42(11)12)24-20-56(70(55)72)68(67)32-50(49)28-46(45)16-14-44(43)26-48(47)30-66(65)54-18-22-58(76(81)84)71(57)69(53)54/h13-40H,9,11H2,1-8,10,12H3. The topological polar surface area (TPSA) is 131 Å². The summed E-state index contributed by atoms with van der Waals surface area (Å²) in [4.78, 5) is 85.5. The van der Waals surface area contributed by atoms with E-state index in [0.717, 1.165) is 119 Å². The van der Waals surface area contributed by atoms with Crippen LogP contribution in [0.1, 0.15) is 115 Å². The van der Waals surface area contributed by atoms with Crippen LogP contribution in [0.15, 0.2) is 189 Å². The SMILES string of the molecule is C=C(C)C(=O)Oc1cc(C(C)C)c(-n2c(=O)c3ccc4c5cc6cc7ccc8cc9cc%10c(cc9cc8ccc7cc6cc5c5ccc(c2=O)c3c45)c2ccc3c(=O)n(-c4c(C(C)C)cc(OC(=O)C(=C)C)cc4C(C)C)c(=O)c4ccc%10c2c43)c(C(C)C)c1. The number of hydrogen-bond acceptors (Lipinski definition) is 8. The number of carbonyl (C=O) groups is 2. The van der Waals surface area contributed by atoms with Crippen LogP contribution in [0.3, 0.4) is 0 Å². The Bertz CT molecular complexity index is 5370. The molecule has 2 heterocycles. The molecule has 10 nitrogen and oxygen atoms in total. The van der Waals surface area contributed by atoms with Gasteiger partial charge < -0.3 is 9.47 Å². The highest BCUT2D eigenvalue weighted by Gasteiger charge is 2.29. The molecule has 0 radical (unpaired) electrons. The Hall–Kier alpha value is -10.6. The van der Waals surface area contributed by atoms with E-state index in [9.17, 15) is 9.59 Å². The van der Waals surface area contributed by atoms with E-state index in [-0.39, 0.29) is 34.8 Å². The quantitative estimate of drug-likeness (QED) is 0.0752. The van der Waals surface area contributed by atoms with Crippen molar-refractivity contribution in [2.75, 3.05) is 0 Å². The van der Waals surface area contributed by atoms with Crippen LogP contribution < -0.4 is 31.7 Å². The lowest BCUT2D eigenvalue weighted by atomic mass is 9.91. The first kappa shape index (κ1) is 56.0. The summed E-state index contributed by atoms with van der Waals surface area (Å²) in [6.45, 7) is 26.7. The summed E-state index contributed by atoms with van der Waals surface area (Å²) in [6.07, 6.45) is 0. The van der Waals surface area contributed by atoms with Crippen LogP contribution in [0.5, 0.6) is 11.5 Å². The lowest BCUT2D eigenvalue weighted by molar-refractivity contribution is -0.130. The van der Waals surface area contributed by atoms with Crippen LogP contribution in [0.4, 0.5) is 0 Å². The lowest BCUT2D eigenvalue weighted by Gasteiger charge is -2.23. The minimum Gasteiger partial charge on any atom is -0.423 e. The van der Waals surface area contributed by atoms with Gasteiger partial charge in [0.25, 0.3) is 22.2 Å². The van der Waals surface area contributed by atoms with Crippen molar-refractivity contribution in [3.63, 3.8) is 0 Å². The van der Waals surface area contributed by atoms with Crippen molar-refractivity contribution in [1.82, 2.24) is 9.13 Å². The predicted molar refractivity (Wildman–Crippen MR) is 371 cm³/mol. The number of ether oxygens (including phenoxy) is 2. The van der Waals surface area contributed by atoms with Crippen LogP contribution in [0.2, 0.25) is 0 Å². The van der Waals surface area contributed by atoms with E-state index in [0.29, 0.717) is 55.2 Å². The molecule has 0 fully saturated rings. The van der Waals surface area contributed by atoms with E-state index < -0.39 is 34.2 Å². The first-order chi connectivity index (χ1) is 43.1. The number of fused-ring (bicyclic) bond motifs is 10. The molecule has 0 spiro atoms. The van der Waals surface area contributed by atoms with Gasteiger partial charge in [-0.15, -0.1) is 0 Å².